The van der Waals surface area contributed by atoms with Crippen molar-refractivity contribution in [2.24, 2.45) is 0 Å². The smallest absolute Gasteiger partial charge is 0.251 e. The number of aromatic nitrogens is 1. The van der Waals surface area contributed by atoms with Crippen molar-refractivity contribution in [2.75, 3.05) is 13.1 Å². The van der Waals surface area contributed by atoms with Gasteiger partial charge in [0.15, 0.2) is 0 Å². The van der Waals surface area contributed by atoms with Crippen LogP contribution in [-0.2, 0) is 21.4 Å². The van der Waals surface area contributed by atoms with E-state index in [1.165, 1.54) is 34.0 Å². The summed E-state index contributed by atoms with van der Waals surface area (Å²) in [5.41, 5.74) is 0.499. The molecule has 0 saturated carbocycles. The number of benzene rings is 1. The van der Waals surface area contributed by atoms with Gasteiger partial charge >= 0.3 is 0 Å². The molecule has 162 valence electrons. The van der Waals surface area contributed by atoms with E-state index in [1.807, 2.05) is 47.8 Å². The van der Waals surface area contributed by atoms with E-state index in [2.05, 4.69) is 5.32 Å². The zero-order valence-electron chi connectivity index (χ0n) is 16.8. The Morgan fingerprint density at radius 2 is 1.77 bits per heavy atom. The zero-order valence-corrected chi connectivity index (χ0v) is 18.4. The molecule has 0 unspecified atom stereocenters. The molecule has 4 rings (SSSR count). The quantitative estimate of drug-likeness (QED) is 0.591. The molecule has 0 radical (unpaired) electrons. The first-order chi connectivity index (χ1) is 14.9. The second-order valence-electron chi connectivity index (χ2n) is 7.37. The fourth-order valence-corrected chi connectivity index (χ4v) is 5.98. The monoisotopic (exact) mass is 457 g/mol. The molecule has 1 aromatic carbocycles. The van der Waals surface area contributed by atoms with Gasteiger partial charge in [0.2, 0.25) is 15.9 Å². The van der Waals surface area contributed by atoms with Gasteiger partial charge in [0.05, 0.1) is 10.9 Å². The van der Waals surface area contributed by atoms with Gasteiger partial charge in [-0.3, -0.25) is 9.59 Å². The van der Waals surface area contributed by atoms with E-state index in [-0.39, 0.29) is 23.4 Å². The average molecular weight is 458 g/mol. The molecule has 9 heteroatoms. The minimum Gasteiger partial charge on any atom is -0.343 e. The fourth-order valence-electron chi connectivity index (χ4n) is 3.64. The summed E-state index contributed by atoms with van der Waals surface area (Å²) < 4.78 is 28.2. The average Bonchev–Trinajstić information content (AvgIpc) is 3.49. The highest BCUT2D eigenvalue weighted by Gasteiger charge is 2.28. The van der Waals surface area contributed by atoms with Crippen LogP contribution in [0.25, 0.3) is 0 Å². The Bertz CT molecular complexity index is 1200. The van der Waals surface area contributed by atoms with Crippen LogP contribution in [-0.4, -0.2) is 36.3 Å². The number of carbonyl (C=O) groups is 1. The molecule has 1 aliphatic rings. The fraction of sp³-hybridized carbons (Fsp3) is 0.273. The van der Waals surface area contributed by atoms with Crippen LogP contribution in [0.3, 0.4) is 0 Å². The summed E-state index contributed by atoms with van der Waals surface area (Å²) in [6, 6.07) is 15.6. The van der Waals surface area contributed by atoms with Gasteiger partial charge < -0.3 is 9.88 Å². The molecule has 1 atom stereocenters. The van der Waals surface area contributed by atoms with Crippen LogP contribution >= 0.6 is 11.3 Å². The molecule has 0 spiro atoms. The lowest BCUT2D eigenvalue weighted by atomic mass is 10.1. The van der Waals surface area contributed by atoms with E-state index >= 15 is 0 Å². The van der Waals surface area contributed by atoms with Gasteiger partial charge in [-0.15, -0.1) is 11.3 Å². The molecule has 1 fully saturated rings. The lowest BCUT2D eigenvalue weighted by Crippen LogP contribution is -2.35. The van der Waals surface area contributed by atoms with Gasteiger partial charge in [-0.25, -0.2) is 8.42 Å². The lowest BCUT2D eigenvalue weighted by Gasteiger charge is -2.19. The Labute approximate surface area is 185 Å². The maximum absolute atomic E-state index is 12.8. The van der Waals surface area contributed by atoms with Gasteiger partial charge in [0, 0.05) is 30.2 Å². The highest BCUT2D eigenvalue weighted by molar-refractivity contribution is 7.89. The lowest BCUT2D eigenvalue weighted by molar-refractivity contribution is -0.122. The molecular formula is C22H23N3O4S2. The third-order valence-electron chi connectivity index (χ3n) is 5.24. The van der Waals surface area contributed by atoms with Gasteiger partial charge in [-0.05, 0) is 35.9 Å². The van der Waals surface area contributed by atoms with Crippen molar-refractivity contribution in [3.8, 4) is 0 Å². The number of amides is 1. The molecule has 0 aliphatic carbocycles. The first-order valence-corrected chi connectivity index (χ1v) is 12.4. The minimum atomic E-state index is -3.67. The van der Waals surface area contributed by atoms with Crippen molar-refractivity contribution in [1.82, 2.24) is 14.2 Å². The molecular weight excluding hydrogens is 434 g/mol. The Morgan fingerprint density at radius 3 is 2.45 bits per heavy atom. The summed E-state index contributed by atoms with van der Waals surface area (Å²) in [5.74, 6) is -0.375. The van der Waals surface area contributed by atoms with Crippen LogP contribution in [0.4, 0.5) is 0 Å². The van der Waals surface area contributed by atoms with E-state index in [1.54, 1.807) is 0 Å². The molecule has 1 saturated heterocycles. The summed E-state index contributed by atoms with van der Waals surface area (Å²) in [4.78, 5) is 26.1. The van der Waals surface area contributed by atoms with Gasteiger partial charge in [-0.1, -0.05) is 36.4 Å². The van der Waals surface area contributed by atoms with Crippen molar-refractivity contribution >= 4 is 27.3 Å². The molecule has 3 heterocycles. The maximum atomic E-state index is 12.8. The van der Waals surface area contributed by atoms with Crippen LogP contribution in [0.15, 0.2) is 75.9 Å². The molecule has 1 aliphatic heterocycles. The molecule has 1 amide bonds. The number of hydrogen-bond acceptors (Lipinski definition) is 5. The van der Waals surface area contributed by atoms with E-state index in [0.717, 1.165) is 27.8 Å². The highest BCUT2D eigenvalue weighted by atomic mass is 32.2. The minimum absolute atomic E-state index is 0.0275. The molecule has 7 nitrogen and oxygen atoms in total. The Hall–Kier alpha value is -2.75. The first kappa shape index (κ1) is 21.5. The van der Waals surface area contributed by atoms with Crippen molar-refractivity contribution < 1.29 is 13.2 Å². The van der Waals surface area contributed by atoms with Crippen LogP contribution in [0.2, 0.25) is 0 Å². The summed E-state index contributed by atoms with van der Waals surface area (Å²) in [6.45, 7) is 0.680. The van der Waals surface area contributed by atoms with Crippen molar-refractivity contribution in [2.45, 2.75) is 30.3 Å². The second kappa shape index (κ2) is 9.17. The zero-order chi connectivity index (χ0) is 21.8. The Kier molecular flexibility index (Phi) is 6.35. The molecule has 1 N–H and O–H groups in total. The van der Waals surface area contributed by atoms with Crippen molar-refractivity contribution in [3.05, 3.63) is 87.0 Å². The number of hydrogen-bond donors (Lipinski definition) is 1. The predicted octanol–water partition coefficient (Wildman–Crippen LogP) is 2.60. The van der Waals surface area contributed by atoms with E-state index in [4.69, 9.17) is 0 Å². The third kappa shape index (κ3) is 4.79. The molecule has 2 aromatic heterocycles. The number of pyridine rings is 1. The van der Waals surface area contributed by atoms with Crippen molar-refractivity contribution in [3.63, 3.8) is 0 Å². The third-order valence-corrected chi connectivity index (χ3v) is 8.06. The number of thiophene rings is 1. The van der Waals surface area contributed by atoms with E-state index < -0.39 is 15.6 Å². The number of rotatable bonds is 7. The van der Waals surface area contributed by atoms with Crippen LogP contribution in [0.1, 0.15) is 29.3 Å². The van der Waals surface area contributed by atoms with Gasteiger partial charge in [-0.2, -0.15) is 4.31 Å². The molecule has 0 bridgehead atoms. The SMILES string of the molecule is O=C(Cn1cc(S(=O)(=O)N2CCCC2)ccc1=O)N[C@H](c1ccccc1)c1cccs1. The van der Waals surface area contributed by atoms with Gasteiger partial charge in [0.25, 0.3) is 5.56 Å². The Morgan fingerprint density at radius 1 is 1.03 bits per heavy atom. The first-order valence-electron chi connectivity index (χ1n) is 10.0. The van der Waals surface area contributed by atoms with Crippen molar-refractivity contribution in [1.29, 1.82) is 0 Å². The largest absolute Gasteiger partial charge is 0.343 e. The summed E-state index contributed by atoms with van der Waals surface area (Å²) in [6.07, 6.45) is 2.91. The standard InChI is InChI=1S/C22H23N3O4S2/c26-20(23-22(19-9-6-14-30-19)17-7-2-1-3-8-17)16-24-15-18(10-11-21(24)27)31(28,29)25-12-4-5-13-25/h1-3,6-11,14-15,22H,4-5,12-13,16H2,(H,23,26)/t22-/m1/s1. The second-order valence-corrected chi connectivity index (χ2v) is 10.3. The topological polar surface area (TPSA) is 88.5 Å². The normalized spacial score (nSPS) is 15.6. The van der Waals surface area contributed by atoms with Crippen LogP contribution in [0, 0.1) is 0 Å². The summed E-state index contributed by atoms with van der Waals surface area (Å²) in [7, 11) is -3.67. The molecule has 3 aromatic rings. The Balaban J connectivity index is 1.56. The highest BCUT2D eigenvalue weighted by Crippen LogP contribution is 2.26. The van der Waals surface area contributed by atoms with Crippen LogP contribution < -0.4 is 10.9 Å². The van der Waals surface area contributed by atoms with Crippen LogP contribution in [0.5, 0.6) is 0 Å². The molecule has 31 heavy (non-hydrogen) atoms. The van der Waals surface area contributed by atoms with E-state index in [0.29, 0.717) is 13.1 Å². The predicted molar refractivity (Wildman–Crippen MR) is 119 cm³/mol. The van der Waals surface area contributed by atoms with Gasteiger partial charge in [0.1, 0.15) is 6.54 Å². The maximum Gasteiger partial charge on any atom is 0.251 e. The number of nitrogens with zero attached hydrogens (tertiary/aromatic N) is 2. The van der Waals surface area contributed by atoms with E-state index in [9.17, 15) is 18.0 Å². The number of nitrogens with one attached hydrogen (secondary N) is 1. The number of carbonyl (C=O) groups excluding carboxylic acids is 1. The number of sulfonamides is 1. The summed E-state index contributed by atoms with van der Waals surface area (Å²) >= 11 is 1.53. The summed E-state index contributed by atoms with van der Waals surface area (Å²) in [5, 5.41) is 4.92.